The zero-order chi connectivity index (χ0) is 28.3. The van der Waals surface area contributed by atoms with Crippen molar-refractivity contribution >= 4 is 23.0 Å². The van der Waals surface area contributed by atoms with Crippen LogP contribution in [0.3, 0.4) is 0 Å². The van der Waals surface area contributed by atoms with Crippen LogP contribution in [0.4, 0.5) is 11.4 Å². The van der Waals surface area contributed by atoms with E-state index in [9.17, 15) is 0 Å². The molecule has 0 fully saturated rings. The molecule has 4 rings (SSSR count). The van der Waals surface area contributed by atoms with E-state index >= 15 is 0 Å². The third kappa shape index (κ3) is 5.84. The summed E-state index contributed by atoms with van der Waals surface area (Å²) >= 11 is 0. The molecule has 0 N–H and O–H groups in total. The first-order valence-electron chi connectivity index (χ1n) is 14.3. The Morgan fingerprint density at radius 3 is 1.18 bits per heavy atom. The zero-order valence-electron chi connectivity index (χ0n) is 26.0. The van der Waals surface area contributed by atoms with Gasteiger partial charge in [0, 0.05) is 24.5 Å². The van der Waals surface area contributed by atoms with Gasteiger partial charge < -0.3 is 9.80 Å². The summed E-state index contributed by atoms with van der Waals surface area (Å²) < 4.78 is 0. The van der Waals surface area contributed by atoms with Gasteiger partial charge in [-0.2, -0.15) is 0 Å². The average Bonchev–Trinajstić information content (AvgIpc) is 3.43. The number of hydrogen-bond donors (Lipinski definition) is 0. The van der Waals surface area contributed by atoms with E-state index in [1.807, 2.05) is 0 Å². The minimum Gasteiger partial charge on any atom is -0.321 e. The van der Waals surface area contributed by atoms with Crippen LogP contribution in [-0.4, -0.2) is 36.8 Å². The van der Waals surface area contributed by atoms with Gasteiger partial charge >= 0.3 is 0 Å². The van der Waals surface area contributed by atoms with E-state index in [-0.39, 0.29) is 33.7 Å². The molecule has 0 spiro atoms. The molecule has 2 aliphatic rings. The third-order valence-electron chi connectivity index (χ3n) is 8.03. The second-order valence-electron chi connectivity index (χ2n) is 15.5. The molecule has 2 aromatic rings. The summed E-state index contributed by atoms with van der Waals surface area (Å²) in [6.45, 7) is 29.2. The Bertz CT molecular complexity index is 1130. The van der Waals surface area contributed by atoms with Gasteiger partial charge in [-0.3, -0.25) is 9.98 Å². The first-order valence-corrected chi connectivity index (χ1v) is 14.3. The smallest absolute Gasteiger partial charge is 0.172 e. The summed E-state index contributed by atoms with van der Waals surface area (Å²) in [7, 11) is 0. The molecule has 206 valence electrons. The summed E-state index contributed by atoms with van der Waals surface area (Å²) in [5, 5.41) is 0. The Morgan fingerprint density at radius 2 is 0.895 bits per heavy atom. The number of amidine groups is 2. The quantitative estimate of drug-likeness (QED) is 0.413. The van der Waals surface area contributed by atoms with Gasteiger partial charge in [-0.1, -0.05) is 107 Å². The molecule has 38 heavy (non-hydrogen) atoms. The van der Waals surface area contributed by atoms with E-state index in [0.717, 1.165) is 24.8 Å². The van der Waals surface area contributed by atoms with Crippen molar-refractivity contribution in [2.75, 3.05) is 22.9 Å². The van der Waals surface area contributed by atoms with Gasteiger partial charge in [0.2, 0.25) is 0 Å². The molecule has 2 atom stereocenters. The molecule has 4 heteroatoms. The molecule has 2 aliphatic heterocycles. The number of aliphatic imine (C=N–C) groups is 2. The Hall–Kier alpha value is -2.62. The van der Waals surface area contributed by atoms with Crippen LogP contribution in [0.5, 0.6) is 0 Å². The molecule has 2 aromatic carbocycles. The molecule has 0 aromatic heterocycles. The largest absolute Gasteiger partial charge is 0.321 e. The van der Waals surface area contributed by atoms with Crippen LogP contribution in [0.1, 0.15) is 94.2 Å². The SMILES string of the molecule is CC(C)(C)c1cccc(N2CC(C(C)(C)C)N=C2C2=NC(C(C)(C)C)CN2c2cccc(C(C)(C)C)c2)c1. The van der Waals surface area contributed by atoms with Gasteiger partial charge in [-0.15, -0.1) is 0 Å². The lowest BCUT2D eigenvalue weighted by atomic mass is 9.86. The maximum atomic E-state index is 5.42. The van der Waals surface area contributed by atoms with Gasteiger partial charge in [-0.05, 0) is 57.1 Å². The van der Waals surface area contributed by atoms with E-state index in [1.165, 1.54) is 22.5 Å². The zero-order valence-corrected chi connectivity index (χ0v) is 26.0. The first kappa shape index (κ1) is 28.4. The van der Waals surface area contributed by atoms with Crippen molar-refractivity contribution in [1.82, 2.24) is 0 Å². The summed E-state index contributed by atoms with van der Waals surface area (Å²) in [6, 6.07) is 18.4. The van der Waals surface area contributed by atoms with Crippen LogP contribution in [0, 0.1) is 10.8 Å². The summed E-state index contributed by atoms with van der Waals surface area (Å²) in [5.41, 5.74) is 5.36. The summed E-state index contributed by atoms with van der Waals surface area (Å²) in [5.74, 6) is 2.01. The highest BCUT2D eigenvalue weighted by atomic mass is 15.4. The van der Waals surface area contributed by atoms with Crippen molar-refractivity contribution < 1.29 is 0 Å². The molecule has 2 heterocycles. The van der Waals surface area contributed by atoms with Crippen LogP contribution < -0.4 is 9.80 Å². The van der Waals surface area contributed by atoms with Crippen molar-refractivity contribution in [1.29, 1.82) is 0 Å². The number of nitrogens with zero attached hydrogens (tertiary/aromatic N) is 4. The molecular formula is C34H50N4. The molecule has 0 saturated carbocycles. The monoisotopic (exact) mass is 514 g/mol. The van der Waals surface area contributed by atoms with Gasteiger partial charge in [0.15, 0.2) is 11.7 Å². The Balaban J connectivity index is 1.85. The highest BCUT2D eigenvalue weighted by Crippen LogP contribution is 2.37. The van der Waals surface area contributed by atoms with E-state index in [1.54, 1.807) is 0 Å². The summed E-state index contributed by atoms with van der Waals surface area (Å²) in [4.78, 5) is 15.7. The second kappa shape index (κ2) is 9.54. The number of anilines is 2. The van der Waals surface area contributed by atoms with E-state index < -0.39 is 0 Å². The normalized spacial score (nSPS) is 21.2. The van der Waals surface area contributed by atoms with Crippen LogP contribution in [0.25, 0.3) is 0 Å². The lowest BCUT2D eigenvalue weighted by Gasteiger charge is -2.30. The van der Waals surface area contributed by atoms with E-state index in [0.29, 0.717) is 0 Å². The minimum atomic E-state index is 0.0568. The fraction of sp³-hybridized carbons (Fsp3) is 0.588. The van der Waals surface area contributed by atoms with Crippen LogP contribution in [-0.2, 0) is 10.8 Å². The minimum absolute atomic E-state index is 0.0568. The van der Waals surface area contributed by atoms with Crippen molar-refractivity contribution in [2.24, 2.45) is 20.8 Å². The molecule has 0 amide bonds. The predicted octanol–water partition coefficient (Wildman–Crippen LogP) is 8.25. The lowest BCUT2D eigenvalue weighted by molar-refractivity contribution is 0.337. The van der Waals surface area contributed by atoms with E-state index in [4.69, 9.17) is 9.98 Å². The number of rotatable bonds is 3. The number of benzene rings is 2. The van der Waals surface area contributed by atoms with E-state index in [2.05, 4.69) is 141 Å². The van der Waals surface area contributed by atoms with Crippen LogP contribution in [0.15, 0.2) is 58.5 Å². The van der Waals surface area contributed by atoms with Gasteiger partial charge in [0.05, 0.1) is 12.1 Å². The van der Waals surface area contributed by atoms with Crippen molar-refractivity contribution in [3.63, 3.8) is 0 Å². The fourth-order valence-corrected chi connectivity index (χ4v) is 5.06. The maximum absolute atomic E-state index is 5.42. The van der Waals surface area contributed by atoms with Crippen molar-refractivity contribution in [3.8, 4) is 0 Å². The predicted molar refractivity (Wildman–Crippen MR) is 166 cm³/mol. The highest BCUT2D eigenvalue weighted by Gasteiger charge is 2.42. The maximum Gasteiger partial charge on any atom is 0.172 e. The molecular weight excluding hydrogens is 464 g/mol. The van der Waals surface area contributed by atoms with Crippen LogP contribution >= 0.6 is 0 Å². The first-order chi connectivity index (χ1) is 17.4. The standard InChI is InChI=1S/C34H50N4/c1-31(2,3)23-15-13-17-25(19-23)37-21-27(33(7,8)9)35-29(37)30-36-28(34(10,11)12)22-38(30)26-18-14-16-24(20-26)32(4,5)6/h13-20,27-28H,21-22H2,1-12H3. The van der Waals surface area contributed by atoms with Crippen molar-refractivity contribution in [2.45, 2.75) is 106 Å². The molecule has 0 aliphatic carbocycles. The Labute approximate surface area is 232 Å². The number of hydrogen-bond acceptors (Lipinski definition) is 4. The molecule has 4 nitrogen and oxygen atoms in total. The molecule has 0 bridgehead atoms. The Morgan fingerprint density at radius 1 is 0.553 bits per heavy atom. The molecule has 0 radical (unpaired) electrons. The Kier molecular flexibility index (Phi) is 7.12. The van der Waals surface area contributed by atoms with Gasteiger partial charge in [-0.25, -0.2) is 0 Å². The highest BCUT2D eigenvalue weighted by molar-refractivity contribution is 6.50. The van der Waals surface area contributed by atoms with Gasteiger partial charge in [0.25, 0.3) is 0 Å². The average molecular weight is 515 g/mol. The van der Waals surface area contributed by atoms with Crippen LogP contribution in [0.2, 0.25) is 0 Å². The lowest BCUT2D eigenvalue weighted by Crippen LogP contribution is -2.43. The summed E-state index contributed by atoms with van der Waals surface area (Å²) in [6.07, 6.45) is 0. The third-order valence-corrected chi connectivity index (χ3v) is 8.03. The van der Waals surface area contributed by atoms with Crippen molar-refractivity contribution in [3.05, 3.63) is 59.7 Å². The molecule has 2 unspecified atom stereocenters. The molecule has 0 saturated heterocycles. The second-order valence-corrected chi connectivity index (χ2v) is 15.5. The van der Waals surface area contributed by atoms with Gasteiger partial charge in [0.1, 0.15) is 0 Å². The fourth-order valence-electron chi connectivity index (χ4n) is 5.06. The topological polar surface area (TPSA) is 31.2 Å².